The maximum Gasteiger partial charge on any atom is 0.0787 e. The Balaban J connectivity index is 2.38. The Labute approximate surface area is 64.6 Å². The van der Waals surface area contributed by atoms with Crippen molar-refractivity contribution >= 4 is 0 Å². The summed E-state index contributed by atoms with van der Waals surface area (Å²) in [5.74, 6) is 0.984. The lowest BCUT2D eigenvalue weighted by molar-refractivity contribution is -0.913. The number of rotatable bonds is 1. The Morgan fingerprint density at radius 3 is 2.20 bits per heavy atom. The number of nitrogens with zero attached hydrogens (tertiary/aromatic N) is 1. The van der Waals surface area contributed by atoms with Gasteiger partial charge in [-0.25, -0.2) is 0 Å². The molecule has 0 N–H and O–H groups in total. The first-order chi connectivity index (χ1) is 4.66. The van der Waals surface area contributed by atoms with Crippen LogP contribution in [0.1, 0.15) is 26.7 Å². The molecule has 0 atom stereocenters. The molecule has 0 radical (unpaired) electrons. The molecule has 1 rings (SSSR count). The Kier molecular flexibility index (Phi) is 2.35. The third-order valence-corrected chi connectivity index (χ3v) is 3.09. The Hall–Kier alpha value is -0.0400. The summed E-state index contributed by atoms with van der Waals surface area (Å²) >= 11 is 0. The molecule has 0 spiro atoms. The van der Waals surface area contributed by atoms with E-state index in [9.17, 15) is 0 Å². The molecule has 1 aliphatic heterocycles. The molecule has 0 aromatic heterocycles. The number of piperidine rings is 1. The van der Waals surface area contributed by atoms with E-state index in [1.165, 1.54) is 37.0 Å². The summed E-state index contributed by atoms with van der Waals surface area (Å²) < 4.78 is 1.31. The topological polar surface area (TPSA) is 0 Å². The maximum absolute atomic E-state index is 2.38. The maximum atomic E-state index is 2.38. The second kappa shape index (κ2) is 2.91. The summed E-state index contributed by atoms with van der Waals surface area (Å²) in [5.41, 5.74) is 0. The summed E-state index contributed by atoms with van der Waals surface area (Å²) in [6.07, 6.45) is 2.87. The summed E-state index contributed by atoms with van der Waals surface area (Å²) in [4.78, 5) is 0. The van der Waals surface area contributed by atoms with Crippen molar-refractivity contribution in [3.8, 4) is 0 Å². The zero-order valence-electron chi connectivity index (χ0n) is 7.56. The summed E-state index contributed by atoms with van der Waals surface area (Å²) in [5, 5.41) is 0. The average Bonchev–Trinajstić information content (AvgIpc) is 1.96. The van der Waals surface area contributed by atoms with Crippen molar-refractivity contribution in [2.45, 2.75) is 26.7 Å². The highest BCUT2D eigenvalue weighted by atomic mass is 15.3. The monoisotopic (exact) mass is 142 g/mol. The summed E-state index contributed by atoms with van der Waals surface area (Å²) in [7, 11) is 2.38. The molecule has 1 heteroatoms. The van der Waals surface area contributed by atoms with Crippen LogP contribution in [0, 0.1) is 5.92 Å². The number of hydrogen-bond acceptors (Lipinski definition) is 0. The van der Waals surface area contributed by atoms with E-state index in [0.717, 1.165) is 5.92 Å². The first-order valence-corrected chi connectivity index (χ1v) is 4.50. The zero-order valence-corrected chi connectivity index (χ0v) is 7.56. The minimum Gasteiger partial charge on any atom is -0.326 e. The van der Waals surface area contributed by atoms with Gasteiger partial charge in [-0.2, -0.15) is 0 Å². The van der Waals surface area contributed by atoms with Gasteiger partial charge in [0.25, 0.3) is 0 Å². The lowest BCUT2D eigenvalue weighted by Crippen LogP contribution is -2.49. The van der Waals surface area contributed by atoms with Crippen molar-refractivity contribution in [1.82, 2.24) is 0 Å². The van der Waals surface area contributed by atoms with E-state index >= 15 is 0 Å². The van der Waals surface area contributed by atoms with Gasteiger partial charge in [0.05, 0.1) is 26.7 Å². The van der Waals surface area contributed by atoms with Gasteiger partial charge in [0.15, 0.2) is 0 Å². The van der Waals surface area contributed by atoms with Crippen molar-refractivity contribution in [2.75, 3.05) is 26.7 Å². The van der Waals surface area contributed by atoms with Crippen LogP contribution < -0.4 is 0 Å². The lowest BCUT2D eigenvalue weighted by atomic mass is 9.98. The van der Waals surface area contributed by atoms with Crippen LogP contribution in [0.15, 0.2) is 0 Å². The molecule has 0 unspecified atom stereocenters. The normalized spacial score (nSPS) is 41.7. The van der Waals surface area contributed by atoms with E-state index in [-0.39, 0.29) is 0 Å². The van der Waals surface area contributed by atoms with Gasteiger partial charge in [0.1, 0.15) is 0 Å². The summed E-state index contributed by atoms with van der Waals surface area (Å²) in [6.45, 7) is 8.79. The highest BCUT2D eigenvalue weighted by Crippen LogP contribution is 2.20. The van der Waals surface area contributed by atoms with Gasteiger partial charge in [0, 0.05) is 0 Å². The van der Waals surface area contributed by atoms with E-state index in [4.69, 9.17) is 0 Å². The van der Waals surface area contributed by atoms with Gasteiger partial charge in [-0.05, 0) is 25.7 Å². The molecule has 0 aliphatic carbocycles. The van der Waals surface area contributed by atoms with Gasteiger partial charge in [-0.1, -0.05) is 6.92 Å². The van der Waals surface area contributed by atoms with Crippen LogP contribution in [-0.2, 0) is 0 Å². The zero-order chi connectivity index (χ0) is 7.61. The number of likely N-dealkylation sites (tertiary alicyclic amines) is 1. The molecule has 10 heavy (non-hydrogen) atoms. The summed E-state index contributed by atoms with van der Waals surface area (Å²) in [6, 6.07) is 0. The van der Waals surface area contributed by atoms with Crippen LogP contribution in [0.3, 0.4) is 0 Å². The molecular formula is C9H20N+. The van der Waals surface area contributed by atoms with Crippen molar-refractivity contribution in [2.24, 2.45) is 5.92 Å². The Morgan fingerprint density at radius 2 is 1.80 bits per heavy atom. The first-order valence-electron chi connectivity index (χ1n) is 4.50. The molecule has 0 bridgehead atoms. The van der Waals surface area contributed by atoms with E-state index in [0.29, 0.717) is 0 Å². The van der Waals surface area contributed by atoms with E-state index < -0.39 is 0 Å². The number of hydrogen-bond donors (Lipinski definition) is 0. The van der Waals surface area contributed by atoms with Crippen LogP contribution in [0.2, 0.25) is 0 Å². The predicted octanol–water partition coefficient (Wildman–Crippen LogP) is 1.88. The van der Waals surface area contributed by atoms with E-state index in [1.807, 2.05) is 0 Å². The fourth-order valence-corrected chi connectivity index (χ4v) is 1.64. The van der Waals surface area contributed by atoms with Crippen molar-refractivity contribution in [3.63, 3.8) is 0 Å². The SMILES string of the molecule is CC[N+]1(C)CCC(C)CC1. The molecule has 1 fully saturated rings. The van der Waals surface area contributed by atoms with Gasteiger partial charge in [0.2, 0.25) is 0 Å². The van der Waals surface area contributed by atoms with E-state index in [2.05, 4.69) is 20.9 Å². The van der Waals surface area contributed by atoms with Gasteiger partial charge in [-0.3, -0.25) is 0 Å². The second-order valence-electron chi connectivity index (χ2n) is 4.07. The Bertz CT molecular complexity index is 101. The van der Waals surface area contributed by atoms with Gasteiger partial charge < -0.3 is 4.48 Å². The van der Waals surface area contributed by atoms with Crippen molar-refractivity contribution in [3.05, 3.63) is 0 Å². The average molecular weight is 142 g/mol. The molecule has 0 aromatic rings. The van der Waals surface area contributed by atoms with Crippen LogP contribution >= 0.6 is 0 Å². The first kappa shape index (κ1) is 8.06. The minimum absolute atomic E-state index is 0.984. The lowest BCUT2D eigenvalue weighted by Gasteiger charge is -2.38. The molecule has 0 saturated carbocycles. The highest BCUT2D eigenvalue weighted by molar-refractivity contribution is 4.58. The van der Waals surface area contributed by atoms with Gasteiger partial charge in [-0.15, -0.1) is 0 Å². The van der Waals surface area contributed by atoms with E-state index in [1.54, 1.807) is 0 Å². The van der Waals surface area contributed by atoms with Crippen molar-refractivity contribution in [1.29, 1.82) is 0 Å². The molecule has 1 heterocycles. The molecule has 60 valence electrons. The molecule has 0 amide bonds. The van der Waals surface area contributed by atoms with Crippen LogP contribution in [0.4, 0.5) is 0 Å². The number of quaternary nitrogens is 1. The highest BCUT2D eigenvalue weighted by Gasteiger charge is 2.25. The smallest absolute Gasteiger partial charge is 0.0787 e. The Morgan fingerprint density at radius 1 is 1.30 bits per heavy atom. The molecular weight excluding hydrogens is 122 g/mol. The molecule has 0 aromatic carbocycles. The van der Waals surface area contributed by atoms with Crippen LogP contribution in [0.25, 0.3) is 0 Å². The molecule has 1 aliphatic rings. The fourth-order valence-electron chi connectivity index (χ4n) is 1.64. The minimum atomic E-state index is 0.984. The largest absolute Gasteiger partial charge is 0.326 e. The fraction of sp³-hybridized carbons (Fsp3) is 1.00. The third kappa shape index (κ3) is 1.72. The second-order valence-corrected chi connectivity index (χ2v) is 4.07. The van der Waals surface area contributed by atoms with Crippen LogP contribution in [0.5, 0.6) is 0 Å². The van der Waals surface area contributed by atoms with Crippen LogP contribution in [-0.4, -0.2) is 31.2 Å². The predicted molar refractivity (Wildman–Crippen MR) is 44.9 cm³/mol. The quantitative estimate of drug-likeness (QED) is 0.490. The van der Waals surface area contributed by atoms with Gasteiger partial charge >= 0.3 is 0 Å². The standard InChI is InChI=1S/C9H20N/c1-4-10(3)7-5-9(2)6-8-10/h9H,4-8H2,1-3H3/q+1. The molecule has 1 saturated heterocycles. The third-order valence-electron chi connectivity index (χ3n) is 3.09. The molecule has 1 nitrogen and oxygen atoms in total. The van der Waals surface area contributed by atoms with Crippen molar-refractivity contribution < 1.29 is 4.48 Å².